The third kappa shape index (κ3) is 1.79. The highest BCUT2D eigenvalue weighted by molar-refractivity contribution is 5.73. The average Bonchev–Trinajstić information content (AvgIpc) is 2.76. The Morgan fingerprint density at radius 3 is 2.83 bits per heavy atom. The maximum atomic E-state index is 5.65. The highest BCUT2D eigenvalue weighted by atomic mass is 15.4. The Balaban J connectivity index is 2.01. The van der Waals surface area contributed by atoms with Gasteiger partial charge in [-0.05, 0) is 30.7 Å². The van der Waals surface area contributed by atoms with Crippen LogP contribution >= 0.6 is 0 Å². The summed E-state index contributed by atoms with van der Waals surface area (Å²) in [6.07, 6.45) is 0. The summed E-state index contributed by atoms with van der Waals surface area (Å²) >= 11 is 0. The minimum Gasteiger partial charge on any atom is -0.384 e. The number of nitrogens with two attached hydrogens (primary N) is 1. The van der Waals surface area contributed by atoms with Gasteiger partial charge in [0.15, 0.2) is 0 Å². The molecule has 0 unspecified atom stereocenters. The number of aryl methyl sites for hydroxylation is 1. The van der Waals surface area contributed by atoms with Gasteiger partial charge in [-0.15, -0.1) is 5.10 Å². The Kier molecular flexibility index (Phi) is 2.44. The van der Waals surface area contributed by atoms with Gasteiger partial charge in [-0.2, -0.15) is 0 Å². The van der Waals surface area contributed by atoms with Gasteiger partial charge in [0.2, 0.25) is 0 Å². The fourth-order valence-electron chi connectivity index (χ4n) is 1.97. The van der Waals surface area contributed by atoms with E-state index < -0.39 is 0 Å². The van der Waals surface area contributed by atoms with Crippen LogP contribution in [0.3, 0.4) is 0 Å². The lowest BCUT2D eigenvalue weighted by molar-refractivity contribution is 0.665. The molecule has 1 aromatic carbocycles. The van der Waals surface area contributed by atoms with E-state index in [1.165, 1.54) is 0 Å². The molecule has 0 atom stereocenters. The number of para-hydroxylation sites is 1. The predicted molar refractivity (Wildman–Crippen MR) is 70.0 cm³/mol. The van der Waals surface area contributed by atoms with E-state index in [-0.39, 0.29) is 0 Å². The summed E-state index contributed by atoms with van der Waals surface area (Å²) in [5.41, 5.74) is 9.59. The standard InChI is InChI=1S/C13H13N5/c1-9-10(6-7-13(14)15-9)8-18-12-5-3-2-4-11(12)16-17-18/h2-7H,8H2,1H3,(H2,14,15). The van der Waals surface area contributed by atoms with Gasteiger partial charge >= 0.3 is 0 Å². The first kappa shape index (κ1) is 10.7. The van der Waals surface area contributed by atoms with Crippen LogP contribution in [-0.2, 0) is 6.54 Å². The zero-order valence-corrected chi connectivity index (χ0v) is 10.0. The number of benzene rings is 1. The number of rotatable bonds is 2. The van der Waals surface area contributed by atoms with Crippen LogP contribution in [0.5, 0.6) is 0 Å². The monoisotopic (exact) mass is 239 g/mol. The summed E-state index contributed by atoms with van der Waals surface area (Å²) in [5, 5.41) is 8.29. The van der Waals surface area contributed by atoms with Crippen LogP contribution in [0.4, 0.5) is 5.82 Å². The molecule has 0 saturated carbocycles. The molecule has 0 saturated heterocycles. The molecule has 0 aliphatic heterocycles. The lowest BCUT2D eigenvalue weighted by atomic mass is 10.2. The van der Waals surface area contributed by atoms with Crippen molar-refractivity contribution in [2.24, 2.45) is 0 Å². The van der Waals surface area contributed by atoms with Gasteiger partial charge in [-0.1, -0.05) is 23.4 Å². The van der Waals surface area contributed by atoms with E-state index in [9.17, 15) is 0 Å². The van der Waals surface area contributed by atoms with Crippen molar-refractivity contribution in [3.63, 3.8) is 0 Å². The van der Waals surface area contributed by atoms with E-state index in [2.05, 4.69) is 15.3 Å². The summed E-state index contributed by atoms with van der Waals surface area (Å²) in [7, 11) is 0. The normalized spacial score (nSPS) is 10.9. The smallest absolute Gasteiger partial charge is 0.123 e. The molecule has 0 bridgehead atoms. The summed E-state index contributed by atoms with van der Waals surface area (Å²) in [4.78, 5) is 4.25. The molecule has 0 radical (unpaired) electrons. The van der Waals surface area contributed by atoms with E-state index >= 15 is 0 Å². The molecule has 0 aliphatic rings. The summed E-state index contributed by atoms with van der Waals surface area (Å²) in [6.45, 7) is 2.60. The minimum absolute atomic E-state index is 0.541. The van der Waals surface area contributed by atoms with Gasteiger partial charge in [-0.25, -0.2) is 9.67 Å². The molecule has 0 fully saturated rings. The highest BCUT2D eigenvalue weighted by Gasteiger charge is 2.06. The lowest BCUT2D eigenvalue weighted by Crippen LogP contribution is -2.05. The van der Waals surface area contributed by atoms with Crippen LogP contribution in [0, 0.1) is 6.92 Å². The van der Waals surface area contributed by atoms with E-state index in [0.717, 1.165) is 22.3 Å². The molecule has 2 N–H and O–H groups in total. The average molecular weight is 239 g/mol. The van der Waals surface area contributed by atoms with Crippen LogP contribution in [0.1, 0.15) is 11.3 Å². The summed E-state index contributed by atoms with van der Waals surface area (Å²) < 4.78 is 1.87. The number of nitrogens with zero attached hydrogens (tertiary/aromatic N) is 4. The Hall–Kier alpha value is -2.43. The maximum Gasteiger partial charge on any atom is 0.123 e. The fraction of sp³-hybridized carbons (Fsp3) is 0.154. The Labute approximate surface area is 104 Å². The first-order valence-corrected chi connectivity index (χ1v) is 5.74. The van der Waals surface area contributed by atoms with Gasteiger partial charge in [0, 0.05) is 5.69 Å². The fourth-order valence-corrected chi connectivity index (χ4v) is 1.97. The van der Waals surface area contributed by atoms with Crippen molar-refractivity contribution in [1.29, 1.82) is 0 Å². The molecule has 90 valence electrons. The third-order valence-electron chi connectivity index (χ3n) is 2.96. The number of nitrogen functional groups attached to an aromatic ring is 1. The van der Waals surface area contributed by atoms with Gasteiger partial charge in [0.1, 0.15) is 11.3 Å². The minimum atomic E-state index is 0.541. The first-order chi connectivity index (χ1) is 8.74. The molecule has 2 heterocycles. The zero-order valence-electron chi connectivity index (χ0n) is 10.0. The Morgan fingerprint density at radius 1 is 1.17 bits per heavy atom. The van der Waals surface area contributed by atoms with Crippen molar-refractivity contribution in [2.45, 2.75) is 13.5 Å². The molecule has 3 aromatic rings. The molecule has 5 nitrogen and oxygen atoms in total. The van der Waals surface area contributed by atoms with Gasteiger partial charge in [0.05, 0.1) is 12.1 Å². The quantitative estimate of drug-likeness (QED) is 0.739. The number of hydrogen-bond acceptors (Lipinski definition) is 4. The Bertz CT molecular complexity index is 701. The topological polar surface area (TPSA) is 69.6 Å². The van der Waals surface area contributed by atoms with Crippen LogP contribution in [-0.4, -0.2) is 20.0 Å². The van der Waals surface area contributed by atoms with Crippen molar-refractivity contribution in [3.05, 3.63) is 47.7 Å². The lowest BCUT2D eigenvalue weighted by Gasteiger charge is -2.06. The maximum absolute atomic E-state index is 5.65. The second kappa shape index (κ2) is 4.10. The molecule has 2 aromatic heterocycles. The van der Waals surface area contributed by atoms with Crippen LogP contribution < -0.4 is 5.73 Å². The van der Waals surface area contributed by atoms with Crippen LogP contribution in [0.25, 0.3) is 11.0 Å². The number of hydrogen-bond donors (Lipinski definition) is 1. The van der Waals surface area contributed by atoms with Crippen LogP contribution in [0.2, 0.25) is 0 Å². The SMILES string of the molecule is Cc1nc(N)ccc1Cn1nnc2ccccc21. The molecule has 18 heavy (non-hydrogen) atoms. The number of pyridine rings is 1. The largest absolute Gasteiger partial charge is 0.384 e. The molecule has 3 rings (SSSR count). The molecular weight excluding hydrogens is 226 g/mol. The number of aromatic nitrogens is 4. The van der Waals surface area contributed by atoms with E-state index in [1.807, 2.05) is 41.9 Å². The molecule has 0 spiro atoms. The highest BCUT2D eigenvalue weighted by Crippen LogP contribution is 2.14. The summed E-state index contributed by atoms with van der Waals surface area (Å²) in [6, 6.07) is 11.7. The summed E-state index contributed by atoms with van der Waals surface area (Å²) in [5.74, 6) is 0.541. The van der Waals surface area contributed by atoms with E-state index in [0.29, 0.717) is 12.4 Å². The number of anilines is 1. The van der Waals surface area contributed by atoms with Crippen molar-refractivity contribution < 1.29 is 0 Å². The van der Waals surface area contributed by atoms with Gasteiger partial charge in [-0.3, -0.25) is 0 Å². The number of fused-ring (bicyclic) bond motifs is 1. The van der Waals surface area contributed by atoms with Crippen molar-refractivity contribution in [1.82, 2.24) is 20.0 Å². The first-order valence-electron chi connectivity index (χ1n) is 5.74. The predicted octanol–water partition coefficient (Wildman–Crippen LogP) is 1.77. The van der Waals surface area contributed by atoms with Gasteiger partial charge < -0.3 is 5.73 Å². The second-order valence-electron chi connectivity index (χ2n) is 4.22. The van der Waals surface area contributed by atoms with E-state index in [1.54, 1.807) is 6.07 Å². The van der Waals surface area contributed by atoms with Gasteiger partial charge in [0.25, 0.3) is 0 Å². The van der Waals surface area contributed by atoms with Crippen molar-refractivity contribution in [2.75, 3.05) is 5.73 Å². The molecular formula is C13H13N5. The van der Waals surface area contributed by atoms with E-state index in [4.69, 9.17) is 5.73 Å². The zero-order chi connectivity index (χ0) is 12.5. The van der Waals surface area contributed by atoms with Crippen molar-refractivity contribution >= 4 is 16.9 Å². The van der Waals surface area contributed by atoms with Crippen molar-refractivity contribution in [3.8, 4) is 0 Å². The molecule has 0 amide bonds. The molecule has 0 aliphatic carbocycles. The Morgan fingerprint density at radius 2 is 2.00 bits per heavy atom. The second-order valence-corrected chi connectivity index (χ2v) is 4.22. The van der Waals surface area contributed by atoms with Crippen LogP contribution in [0.15, 0.2) is 36.4 Å². The third-order valence-corrected chi connectivity index (χ3v) is 2.96. The molecule has 5 heteroatoms.